The van der Waals surface area contributed by atoms with Gasteiger partial charge in [-0.3, -0.25) is 0 Å². The predicted molar refractivity (Wildman–Crippen MR) is 156 cm³/mol. The highest BCUT2D eigenvalue weighted by Crippen LogP contribution is 2.22. The number of aromatic nitrogens is 2. The fourth-order valence-corrected chi connectivity index (χ4v) is 5.92. The van der Waals surface area contributed by atoms with Gasteiger partial charge >= 0.3 is 0 Å². The van der Waals surface area contributed by atoms with E-state index in [0.29, 0.717) is 11.4 Å². The third kappa shape index (κ3) is 10.6. The molecule has 0 bridgehead atoms. The molecule has 0 fully saturated rings. The Hall–Kier alpha value is -2.18. The second-order valence-electron chi connectivity index (χ2n) is 10.3. The van der Waals surface area contributed by atoms with Crippen molar-refractivity contribution in [1.82, 2.24) is 14.7 Å². The fourth-order valence-electron chi connectivity index (χ4n) is 4.84. The molecule has 1 heterocycles. The van der Waals surface area contributed by atoms with Gasteiger partial charge in [-0.25, -0.2) is 18.1 Å². The van der Waals surface area contributed by atoms with Crippen molar-refractivity contribution in [3.63, 3.8) is 0 Å². The van der Waals surface area contributed by atoms with Gasteiger partial charge in [-0.05, 0) is 42.8 Å². The van der Waals surface area contributed by atoms with Crippen LogP contribution in [0.25, 0.3) is 22.4 Å². The van der Waals surface area contributed by atoms with Crippen molar-refractivity contribution in [2.75, 3.05) is 6.54 Å². The molecule has 3 aromatic rings. The zero-order valence-corrected chi connectivity index (χ0v) is 23.6. The maximum atomic E-state index is 12.6. The van der Waals surface area contributed by atoms with Gasteiger partial charge in [-0.1, -0.05) is 115 Å². The molecule has 0 saturated carbocycles. The lowest BCUT2D eigenvalue weighted by Crippen LogP contribution is -2.24. The molecule has 5 nitrogen and oxygen atoms in total. The summed E-state index contributed by atoms with van der Waals surface area (Å²) >= 11 is 0. The number of imidazole rings is 1. The zero-order chi connectivity index (χ0) is 26.2. The number of hydrogen-bond donors (Lipinski definition) is 2. The summed E-state index contributed by atoms with van der Waals surface area (Å²) in [6.07, 6.45) is 21.0. The number of unbranched alkanes of at least 4 members (excludes halogenated alkanes) is 15. The second kappa shape index (κ2) is 16.6. The van der Waals surface area contributed by atoms with Crippen molar-refractivity contribution < 1.29 is 8.42 Å². The first kappa shape index (κ1) is 29.4. The molecule has 0 aliphatic carbocycles. The van der Waals surface area contributed by atoms with E-state index < -0.39 is 10.0 Å². The van der Waals surface area contributed by atoms with E-state index in [-0.39, 0.29) is 0 Å². The zero-order valence-electron chi connectivity index (χ0n) is 22.8. The van der Waals surface area contributed by atoms with Crippen molar-refractivity contribution in [2.45, 2.75) is 115 Å². The van der Waals surface area contributed by atoms with Crippen molar-refractivity contribution >= 4 is 21.1 Å². The van der Waals surface area contributed by atoms with Crippen LogP contribution in [0.15, 0.2) is 53.4 Å². The van der Waals surface area contributed by atoms with Crippen LogP contribution in [0.5, 0.6) is 0 Å². The molecule has 0 radical (unpaired) electrons. The van der Waals surface area contributed by atoms with Crippen LogP contribution in [0, 0.1) is 0 Å². The van der Waals surface area contributed by atoms with Gasteiger partial charge in [0.05, 0.1) is 15.9 Å². The summed E-state index contributed by atoms with van der Waals surface area (Å²) in [6, 6.07) is 14.8. The lowest BCUT2D eigenvalue weighted by atomic mass is 10.0. The Labute approximate surface area is 224 Å². The Morgan fingerprint density at radius 2 is 1.19 bits per heavy atom. The molecule has 1 aromatic heterocycles. The minimum absolute atomic E-state index is 0.295. The Morgan fingerprint density at radius 3 is 1.73 bits per heavy atom. The molecule has 2 N–H and O–H groups in total. The summed E-state index contributed by atoms with van der Waals surface area (Å²) in [4.78, 5) is 8.16. The van der Waals surface area contributed by atoms with Crippen LogP contribution in [-0.2, 0) is 10.0 Å². The largest absolute Gasteiger partial charge is 0.338 e. The van der Waals surface area contributed by atoms with Crippen LogP contribution in [0.1, 0.15) is 110 Å². The first-order valence-corrected chi connectivity index (χ1v) is 16.1. The van der Waals surface area contributed by atoms with Crippen molar-refractivity contribution in [3.05, 3.63) is 48.5 Å². The molecular weight excluding hydrogens is 478 g/mol. The van der Waals surface area contributed by atoms with Crippen molar-refractivity contribution in [1.29, 1.82) is 0 Å². The van der Waals surface area contributed by atoms with Gasteiger partial charge in [0, 0.05) is 12.1 Å². The number of benzene rings is 2. The van der Waals surface area contributed by atoms with E-state index in [9.17, 15) is 8.42 Å². The molecule has 0 aliphatic rings. The number of hydrogen-bond acceptors (Lipinski definition) is 3. The molecule has 204 valence electrons. The van der Waals surface area contributed by atoms with Gasteiger partial charge in [0.2, 0.25) is 10.0 Å². The van der Waals surface area contributed by atoms with E-state index in [1.165, 1.54) is 89.9 Å². The molecule has 6 heteroatoms. The first-order valence-electron chi connectivity index (χ1n) is 14.6. The third-order valence-corrected chi connectivity index (χ3v) is 8.63. The molecule has 0 saturated heterocycles. The van der Waals surface area contributed by atoms with Crippen LogP contribution in [0.4, 0.5) is 0 Å². The highest BCUT2D eigenvalue weighted by molar-refractivity contribution is 7.89. The van der Waals surface area contributed by atoms with E-state index in [0.717, 1.165) is 35.3 Å². The predicted octanol–water partition coefficient (Wildman–Crippen LogP) is 8.77. The van der Waals surface area contributed by atoms with Crippen LogP contribution >= 0.6 is 0 Å². The Bertz CT molecular complexity index is 1090. The number of fused-ring (bicyclic) bond motifs is 1. The third-order valence-electron chi connectivity index (χ3n) is 7.15. The molecular formula is C31H47N3O2S. The van der Waals surface area contributed by atoms with E-state index in [2.05, 4.69) is 21.6 Å². The average molecular weight is 526 g/mol. The minimum Gasteiger partial charge on any atom is -0.338 e. The van der Waals surface area contributed by atoms with Crippen LogP contribution in [-0.4, -0.2) is 24.9 Å². The molecule has 0 spiro atoms. The fraction of sp³-hybridized carbons (Fsp3) is 0.581. The number of rotatable bonds is 20. The quantitative estimate of drug-likeness (QED) is 0.145. The molecule has 0 unspecified atom stereocenters. The highest BCUT2D eigenvalue weighted by atomic mass is 32.2. The molecule has 3 rings (SSSR count). The van der Waals surface area contributed by atoms with E-state index in [4.69, 9.17) is 0 Å². The lowest BCUT2D eigenvalue weighted by molar-refractivity contribution is 0.528. The van der Waals surface area contributed by atoms with Gasteiger partial charge in [0.1, 0.15) is 5.82 Å². The summed E-state index contributed by atoms with van der Waals surface area (Å²) in [5.41, 5.74) is 2.73. The van der Waals surface area contributed by atoms with Crippen LogP contribution in [0.3, 0.4) is 0 Å². The number of aromatic amines is 1. The Morgan fingerprint density at radius 1 is 0.676 bits per heavy atom. The first-order chi connectivity index (χ1) is 18.1. The Kier molecular flexibility index (Phi) is 13.2. The summed E-state index contributed by atoms with van der Waals surface area (Å²) < 4.78 is 28.0. The van der Waals surface area contributed by atoms with E-state index >= 15 is 0 Å². The number of nitrogens with one attached hydrogen (secondary N) is 2. The number of sulfonamides is 1. The van der Waals surface area contributed by atoms with Crippen molar-refractivity contribution in [2.24, 2.45) is 0 Å². The standard InChI is InChI=1S/C31H47N3O2S/c1-2-3-4-5-6-7-8-9-10-11-12-13-14-15-16-19-26-32-37(35,36)28-24-22-27(23-25-28)31-33-29-20-17-18-21-30(29)34-31/h17-18,20-25,32H,2-16,19,26H2,1H3,(H,33,34). The van der Waals surface area contributed by atoms with Crippen molar-refractivity contribution in [3.8, 4) is 11.4 Å². The summed E-state index contributed by atoms with van der Waals surface area (Å²) in [7, 11) is -3.49. The van der Waals surface area contributed by atoms with Gasteiger partial charge in [-0.15, -0.1) is 0 Å². The van der Waals surface area contributed by atoms with E-state index in [1.54, 1.807) is 24.3 Å². The number of H-pyrrole nitrogens is 1. The van der Waals surface area contributed by atoms with Crippen LogP contribution < -0.4 is 4.72 Å². The SMILES string of the molecule is CCCCCCCCCCCCCCCCCCNS(=O)(=O)c1ccc(-c2nc3ccccc3[nH]2)cc1. The molecule has 37 heavy (non-hydrogen) atoms. The average Bonchev–Trinajstić information content (AvgIpc) is 3.35. The summed E-state index contributed by atoms with van der Waals surface area (Å²) in [5.74, 6) is 0.742. The van der Waals surface area contributed by atoms with E-state index in [1.807, 2.05) is 24.3 Å². The lowest BCUT2D eigenvalue weighted by Gasteiger charge is -2.07. The normalized spacial score (nSPS) is 11.9. The van der Waals surface area contributed by atoms with Gasteiger partial charge < -0.3 is 4.98 Å². The maximum Gasteiger partial charge on any atom is 0.240 e. The maximum absolute atomic E-state index is 12.6. The van der Waals surface area contributed by atoms with Crippen LogP contribution in [0.2, 0.25) is 0 Å². The molecule has 0 aliphatic heterocycles. The van der Waals surface area contributed by atoms with Gasteiger partial charge in [0.25, 0.3) is 0 Å². The van der Waals surface area contributed by atoms with Gasteiger partial charge in [-0.2, -0.15) is 0 Å². The smallest absolute Gasteiger partial charge is 0.240 e. The highest BCUT2D eigenvalue weighted by Gasteiger charge is 2.14. The molecule has 0 amide bonds. The van der Waals surface area contributed by atoms with Gasteiger partial charge in [0.15, 0.2) is 0 Å². The number of para-hydroxylation sites is 2. The Balaban J connectivity index is 1.21. The monoisotopic (exact) mass is 525 g/mol. The minimum atomic E-state index is -3.49. The number of nitrogens with zero attached hydrogens (tertiary/aromatic N) is 1. The molecule has 2 aromatic carbocycles. The summed E-state index contributed by atoms with van der Waals surface area (Å²) in [5, 5.41) is 0. The second-order valence-corrected chi connectivity index (χ2v) is 12.1. The summed E-state index contributed by atoms with van der Waals surface area (Å²) in [6.45, 7) is 2.77. The topological polar surface area (TPSA) is 74.8 Å². The molecule has 0 atom stereocenters.